The standard InChI is InChI=1S/C15H12ClF2NO/c16-8-4-5-13-9(6-8)12(19)7-14(20-13)15-10(17)2-1-3-11(15)18/h1-6,12,14H,7,19H2. The summed E-state index contributed by atoms with van der Waals surface area (Å²) >= 11 is 5.91. The van der Waals surface area contributed by atoms with Crippen molar-refractivity contribution >= 4 is 11.6 Å². The van der Waals surface area contributed by atoms with Crippen LogP contribution >= 0.6 is 11.6 Å². The number of ether oxygens (including phenoxy) is 1. The second-order valence-corrected chi connectivity index (χ2v) is 5.20. The molecule has 0 fully saturated rings. The quantitative estimate of drug-likeness (QED) is 0.858. The van der Waals surface area contributed by atoms with Crippen LogP contribution in [0.25, 0.3) is 0 Å². The average molecular weight is 296 g/mol. The topological polar surface area (TPSA) is 35.2 Å². The van der Waals surface area contributed by atoms with Crippen molar-refractivity contribution in [3.63, 3.8) is 0 Å². The summed E-state index contributed by atoms with van der Waals surface area (Å²) < 4.78 is 33.3. The minimum Gasteiger partial charge on any atom is -0.485 e. The van der Waals surface area contributed by atoms with Crippen LogP contribution in [0, 0.1) is 11.6 Å². The molecule has 1 heterocycles. The molecule has 2 N–H and O–H groups in total. The van der Waals surface area contributed by atoms with Gasteiger partial charge < -0.3 is 10.5 Å². The Morgan fingerprint density at radius 2 is 1.85 bits per heavy atom. The third-order valence-corrected chi connectivity index (χ3v) is 3.67. The van der Waals surface area contributed by atoms with Crippen molar-refractivity contribution in [2.24, 2.45) is 5.73 Å². The second kappa shape index (κ2) is 5.04. The molecule has 3 rings (SSSR count). The Labute approximate surface area is 120 Å². The van der Waals surface area contributed by atoms with E-state index in [1.807, 2.05) is 0 Å². The van der Waals surface area contributed by atoms with E-state index in [9.17, 15) is 8.78 Å². The van der Waals surface area contributed by atoms with Crippen LogP contribution in [0.15, 0.2) is 36.4 Å². The molecule has 0 aliphatic carbocycles. The lowest BCUT2D eigenvalue weighted by Gasteiger charge is -2.31. The molecular weight excluding hydrogens is 284 g/mol. The molecule has 0 spiro atoms. The third kappa shape index (κ3) is 2.25. The highest BCUT2D eigenvalue weighted by molar-refractivity contribution is 6.30. The van der Waals surface area contributed by atoms with Crippen molar-refractivity contribution in [2.75, 3.05) is 0 Å². The van der Waals surface area contributed by atoms with Gasteiger partial charge in [0.05, 0.1) is 5.56 Å². The largest absolute Gasteiger partial charge is 0.485 e. The SMILES string of the molecule is NC1CC(c2c(F)cccc2F)Oc2ccc(Cl)cc21. The number of hydrogen-bond donors (Lipinski definition) is 1. The van der Waals surface area contributed by atoms with E-state index in [4.69, 9.17) is 22.1 Å². The number of benzene rings is 2. The molecule has 0 saturated heterocycles. The van der Waals surface area contributed by atoms with Gasteiger partial charge in [-0.05, 0) is 30.3 Å². The lowest BCUT2D eigenvalue weighted by Crippen LogP contribution is -2.25. The van der Waals surface area contributed by atoms with E-state index in [-0.39, 0.29) is 11.6 Å². The van der Waals surface area contributed by atoms with Gasteiger partial charge in [0, 0.05) is 23.0 Å². The molecule has 2 atom stereocenters. The summed E-state index contributed by atoms with van der Waals surface area (Å²) in [6.45, 7) is 0. The predicted molar refractivity (Wildman–Crippen MR) is 72.7 cm³/mol. The highest BCUT2D eigenvalue weighted by Crippen LogP contribution is 2.41. The zero-order valence-corrected chi connectivity index (χ0v) is 11.2. The average Bonchev–Trinajstić information content (AvgIpc) is 2.39. The molecule has 0 saturated carbocycles. The van der Waals surface area contributed by atoms with Crippen molar-refractivity contribution in [3.8, 4) is 5.75 Å². The molecule has 20 heavy (non-hydrogen) atoms. The fraction of sp³-hybridized carbons (Fsp3) is 0.200. The number of fused-ring (bicyclic) bond motifs is 1. The fourth-order valence-corrected chi connectivity index (χ4v) is 2.65. The Hall–Kier alpha value is -1.65. The minimum atomic E-state index is -0.736. The van der Waals surface area contributed by atoms with Gasteiger partial charge in [-0.2, -0.15) is 0 Å². The summed E-state index contributed by atoms with van der Waals surface area (Å²) in [6, 6.07) is 8.42. The van der Waals surface area contributed by atoms with Crippen molar-refractivity contribution in [1.82, 2.24) is 0 Å². The van der Waals surface area contributed by atoms with E-state index < -0.39 is 17.7 Å². The molecule has 1 aliphatic rings. The Kier molecular flexibility index (Phi) is 3.36. The summed E-state index contributed by atoms with van der Waals surface area (Å²) in [5.41, 5.74) is 6.73. The predicted octanol–water partition coefficient (Wildman–Crippen LogP) is 4.14. The summed E-state index contributed by atoms with van der Waals surface area (Å²) in [6.07, 6.45) is -0.439. The molecule has 5 heteroatoms. The smallest absolute Gasteiger partial charge is 0.133 e. The zero-order chi connectivity index (χ0) is 14.3. The van der Waals surface area contributed by atoms with Gasteiger partial charge in [0.15, 0.2) is 0 Å². The van der Waals surface area contributed by atoms with Crippen molar-refractivity contribution in [1.29, 1.82) is 0 Å². The molecule has 2 unspecified atom stereocenters. The molecule has 0 amide bonds. The van der Waals surface area contributed by atoms with Gasteiger partial charge in [-0.3, -0.25) is 0 Å². The first-order valence-corrected chi connectivity index (χ1v) is 6.59. The second-order valence-electron chi connectivity index (χ2n) is 4.77. The van der Waals surface area contributed by atoms with Gasteiger partial charge in [-0.25, -0.2) is 8.78 Å². The summed E-state index contributed by atoms with van der Waals surface area (Å²) in [5.74, 6) is -0.736. The van der Waals surface area contributed by atoms with Crippen LogP contribution in [0.5, 0.6) is 5.75 Å². The zero-order valence-electron chi connectivity index (χ0n) is 10.4. The van der Waals surface area contributed by atoms with E-state index in [0.717, 1.165) is 5.56 Å². The van der Waals surface area contributed by atoms with Crippen LogP contribution in [-0.2, 0) is 0 Å². The van der Waals surface area contributed by atoms with E-state index in [2.05, 4.69) is 0 Å². The molecule has 0 aromatic heterocycles. The van der Waals surface area contributed by atoms with Crippen LogP contribution < -0.4 is 10.5 Å². The Balaban J connectivity index is 2.01. The maximum absolute atomic E-state index is 13.8. The first kappa shape index (κ1) is 13.3. The van der Waals surface area contributed by atoms with Gasteiger partial charge in [0.25, 0.3) is 0 Å². The third-order valence-electron chi connectivity index (χ3n) is 3.43. The van der Waals surface area contributed by atoms with Crippen LogP contribution in [0.2, 0.25) is 5.02 Å². The minimum absolute atomic E-state index is 0.0800. The molecule has 1 aliphatic heterocycles. The highest BCUT2D eigenvalue weighted by Gasteiger charge is 2.30. The van der Waals surface area contributed by atoms with Gasteiger partial charge >= 0.3 is 0 Å². The normalized spacial score (nSPS) is 21.2. The number of halogens is 3. The Morgan fingerprint density at radius 1 is 1.15 bits per heavy atom. The van der Waals surface area contributed by atoms with Gasteiger partial charge in [-0.1, -0.05) is 17.7 Å². The van der Waals surface area contributed by atoms with Crippen LogP contribution in [0.1, 0.15) is 29.7 Å². The molecule has 0 bridgehead atoms. The van der Waals surface area contributed by atoms with Crippen LogP contribution in [0.3, 0.4) is 0 Å². The summed E-state index contributed by atoms with van der Waals surface area (Å²) in [7, 11) is 0. The van der Waals surface area contributed by atoms with E-state index in [0.29, 0.717) is 17.2 Å². The number of hydrogen-bond acceptors (Lipinski definition) is 2. The van der Waals surface area contributed by atoms with Gasteiger partial charge in [0.2, 0.25) is 0 Å². The first-order valence-electron chi connectivity index (χ1n) is 6.22. The van der Waals surface area contributed by atoms with Crippen LogP contribution in [0.4, 0.5) is 8.78 Å². The van der Waals surface area contributed by atoms with Crippen molar-refractivity contribution in [2.45, 2.75) is 18.6 Å². The molecule has 2 aromatic rings. The summed E-state index contributed by atoms with van der Waals surface area (Å²) in [5, 5.41) is 0.554. The Bertz CT molecular complexity index is 642. The van der Waals surface area contributed by atoms with Gasteiger partial charge in [-0.15, -0.1) is 0 Å². The summed E-state index contributed by atoms with van der Waals surface area (Å²) in [4.78, 5) is 0. The monoisotopic (exact) mass is 295 g/mol. The Morgan fingerprint density at radius 3 is 2.55 bits per heavy atom. The molecule has 0 radical (unpaired) electrons. The maximum Gasteiger partial charge on any atom is 0.133 e. The van der Waals surface area contributed by atoms with E-state index in [1.165, 1.54) is 18.2 Å². The number of rotatable bonds is 1. The molecule has 2 aromatic carbocycles. The number of nitrogens with two attached hydrogens (primary N) is 1. The first-order chi connectivity index (χ1) is 9.56. The molecular formula is C15H12ClF2NO. The van der Waals surface area contributed by atoms with E-state index in [1.54, 1.807) is 18.2 Å². The fourth-order valence-electron chi connectivity index (χ4n) is 2.47. The highest BCUT2D eigenvalue weighted by atomic mass is 35.5. The van der Waals surface area contributed by atoms with E-state index >= 15 is 0 Å². The van der Waals surface area contributed by atoms with Crippen molar-refractivity contribution in [3.05, 3.63) is 64.2 Å². The van der Waals surface area contributed by atoms with Crippen LogP contribution in [-0.4, -0.2) is 0 Å². The van der Waals surface area contributed by atoms with Crippen molar-refractivity contribution < 1.29 is 13.5 Å². The maximum atomic E-state index is 13.8. The lowest BCUT2D eigenvalue weighted by molar-refractivity contribution is 0.153. The molecule has 104 valence electrons. The lowest BCUT2D eigenvalue weighted by atomic mass is 9.93. The van der Waals surface area contributed by atoms with Gasteiger partial charge in [0.1, 0.15) is 23.5 Å². The molecule has 2 nitrogen and oxygen atoms in total.